The van der Waals surface area contributed by atoms with Crippen molar-refractivity contribution in [3.8, 4) is 0 Å². The minimum absolute atomic E-state index is 0.319. The van der Waals surface area contributed by atoms with Crippen LogP contribution in [0, 0.1) is 0 Å². The van der Waals surface area contributed by atoms with E-state index in [1.807, 2.05) is 6.92 Å². The van der Waals surface area contributed by atoms with Gasteiger partial charge in [0.25, 0.3) is 0 Å². The highest BCUT2D eigenvalue weighted by Gasteiger charge is 2.04. The summed E-state index contributed by atoms with van der Waals surface area (Å²) in [5.74, 6) is -0.319. The van der Waals surface area contributed by atoms with E-state index in [4.69, 9.17) is 8.42 Å². The molecule has 0 aliphatic carbocycles. The monoisotopic (exact) mass is 256 g/mol. The van der Waals surface area contributed by atoms with Crippen LogP contribution >= 0.6 is 0 Å². The predicted octanol–water partition coefficient (Wildman–Crippen LogP) is 1.65. The first-order valence-corrected chi connectivity index (χ1v) is 6.46. The molecule has 0 bridgehead atoms. The number of hydrogen-bond acceptors (Lipinski definition) is 4. The lowest BCUT2D eigenvalue weighted by atomic mass is 10.3. The largest absolute Gasteiger partial charge is 0.476 e. The molecule has 0 aliphatic heterocycles. The minimum Gasteiger partial charge on any atom is -0.195 e. The fourth-order valence-corrected chi connectivity index (χ4v) is 1.07. The summed E-state index contributed by atoms with van der Waals surface area (Å²) in [7, 11) is -9.86. The highest BCUT2D eigenvalue weighted by Crippen LogP contribution is 1.99. The predicted molar refractivity (Wildman–Crippen MR) is 45.6 cm³/mol. The molecule has 0 rings (SSSR count). The van der Waals surface area contributed by atoms with Crippen LogP contribution < -0.4 is 0 Å². The maximum atomic E-state index is 11.7. The molecule has 4 nitrogen and oxygen atoms in total. The molecule has 9 heteroatoms. The van der Waals surface area contributed by atoms with E-state index in [1.165, 1.54) is 0 Å². The molecule has 0 amide bonds. The number of hydrogen-bond donors (Lipinski definition) is 0. The average Bonchev–Trinajstić information content (AvgIpc) is 1.80. The van der Waals surface area contributed by atoms with E-state index in [-0.39, 0.29) is 5.75 Å². The second-order valence-corrected chi connectivity index (χ2v) is 4.57. The third-order valence-corrected chi connectivity index (χ3v) is 1.77. The van der Waals surface area contributed by atoms with Gasteiger partial charge in [-0.15, -0.1) is 3.89 Å². The summed E-state index contributed by atoms with van der Waals surface area (Å²) < 4.78 is 67.9. The first-order chi connectivity index (χ1) is 6.06. The topological polar surface area (TPSA) is 68.3 Å². The molecule has 0 heterocycles. The van der Waals surface area contributed by atoms with Gasteiger partial charge in [-0.1, -0.05) is 27.5 Å². The molecule has 0 radical (unpaired) electrons. The Balaban J connectivity index is 0. The first kappa shape index (κ1) is 16.1. The Morgan fingerprint density at radius 3 is 1.50 bits per heavy atom. The first-order valence-electron chi connectivity index (χ1n) is 3.63. The van der Waals surface area contributed by atoms with Crippen LogP contribution in [-0.4, -0.2) is 22.6 Å². The third kappa shape index (κ3) is 41.3. The Morgan fingerprint density at radius 2 is 1.29 bits per heavy atom. The van der Waals surface area contributed by atoms with Gasteiger partial charge in [-0.2, -0.15) is 16.8 Å². The van der Waals surface area contributed by atoms with Crippen molar-refractivity contribution >= 4 is 20.8 Å². The van der Waals surface area contributed by atoms with Gasteiger partial charge in [-0.3, -0.25) is 0 Å². The highest BCUT2D eigenvalue weighted by molar-refractivity contribution is 7.86. The molecular weight excluding hydrogens is 245 g/mol. The SMILES string of the molecule is CCCCCS(=O)(=O)F.O=S(=O)(F)F. The fraction of sp³-hybridized carbons (Fsp3) is 1.00. The van der Waals surface area contributed by atoms with Crippen LogP contribution in [0.3, 0.4) is 0 Å². The molecule has 0 N–H and O–H groups in total. The number of halogens is 3. The second-order valence-electron chi connectivity index (χ2n) is 2.33. The van der Waals surface area contributed by atoms with Gasteiger partial charge in [0, 0.05) is 0 Å². The van der Waals surface area contributed by atoms with E-state index >= 15 is 0 Å². The summed E-state index contributed by atoms with van der Waals surface area (Å²) in [5.41, 5.74) is 0. The Labute approximate surface area is 81.8 Å². The molecule has 0 saturated heterocycles. The maximum absolute atomic E-state index is 11.7. The molecule has 88 valence electrons. The average molecular weight is 256 g/mol. The quantitative estimate of drug-likeness (QED) is 0.566. The maximum Gasteiger partial charge on any atom is 0.476 e. The molecule has 0 atom stereocenters. The van der Waals surface area contributed by atoms with Crippen molar-refractivity contribution in [1.29, 1.82) is 0 Å². The van der Waals surface area contributed by atoms with E-state index in [2.05, 4.69) is 0 Å². The Bertz CT molecular complexity index is 313. The van der Waals surface area contributed by atoms with Crippen molar-refractivity contribution in [3.63, 3.8) is 0 Å². The second kappa shape index (κ2) is 7.04. The van der Waals surface area contributed by atoms with Crippen LogP contribution in [0.2, 0.25) is 0 Å². The summed E-state index contributed by atoms with van der Waals surface area (Å²) in [4.78, 5) is 0. The lowest BCUT2D eigenvalue weighted by Gasteiger charge is -1.91. The van der Waals surface area contributed by atoms with E-state index in [1.54, 1.807) is 0 Å². The molecule has 0 aromatic heterocycles. The van der Waals surface area contributed by atoms with Gasteiger partial charge >= 0.3 is 20.8 Å². The zero-order valence-electron chi connectivity index (χ0n) is 7.41. The van der Waals surface area contributed by atoms with E-state index in [9.17, 15) is 20.1 Å². The summed E-state index contributed by atoms with van der Waals surface area (Å²) in [5, 5.41) is 0. The lowest BCUT2D eigenvalue weighted by molar-refractivity contribution is 0.501. The van der Waals surface area contributed by atoms with Crippen LogP contribution in [0.4, 0.5) is 11.7 Å². The Morgan fingerprint density at radius 1 is 0.929 bits per heavy atom. The smallest absolute Gasteiger partial charge is 0.195 e. The van der Waals surface area contributed by atoms with Crippen molar-refractivity contribution < 1.29 is 28.5 Å². The van der Waals surface area contributed by atoms with Crippen molar-refractivity contribution in [1.82, 2.24) is 0 Å². The van der Waals surface area contributed by atoms with Crippen molar-refractivity contribution in [3.05, 3.63) is 0 Å². The molecule has 0 unspecified atom stereocenters. The molecule has 0 aromatic rings. The number of rotatable bonds is 4. The Hall–Kier alpha value is -0.310. The minimum atomic E-state index is -5.67. The standard InChI is InChI=1S/C5H11FO2S.F2O2S/c1-2-3-4-5-9(6,7)8;1-5(2,3)4/h2-5H2,1H3;. The van der Waals surface area contributed by atoms with Gasteiger partial charge in [0.2, 0.25) is 0 Å². The van der Waals surface area contributed by atoms with Crippen LogP contribution in [0.5, 0.6) is 0 Å². The molecule has 0 aromatic carbocycles. The number of unbranched alkanes of at least 4 members (excludes halogenated alkanes) is 2. The molecule has 14 heavy (non-hydrogen) atoms. The highest BCUT2D eigenvalue weighted by atomic mass is 32.3. The molecule has 0 fully saturated rings. The van der Waals surface area contributed by atoms with Crippen molar-refractivity contribution in [2.24, 2.45) is 0 Å². The van der Waals surface area contributed by atoms with Gasteiger partial charge < -0.3 is 0 Å². The fourth-order valence-electron chi connectivity index (χ4n) is 0.524. The Kier molecular flexibility index (Phi) is 8.12. The van der Waals surface area contributed by atoms with Gasteiger partial charge in [-0.05, 0) is 6.42 Å². The van der Waals surface area contributed by atoms with Crippen molar-refractivity contribution in [2.45, 2.75) is 26.2 Å². The van der Waals surface area contributed by atoms with Gasteiger partial charge in [0.15, 0.2) is 0 Å². The van der Waals surface area contributed by atoms with E-state index in [0.717, 1.165) is 12.8 Å². The van der Waals surface area contributed by atoms with Crippen molar-refractivity contribution in [2.75, 3.05) is 5.75 Å². The summed E-state index contributed by atoms with van der Waals surface area (Å²) in [6.45, 7) is 1.94. The van der Waals surface area contributed by atoms with Crippen LogP contribution in [0.25, 0.3) is 0 Å². The van der Waals surface area contributed by atoms with Gasteiger partial charge in [-0.25, -0.2) is 0 Å². The zero-order chi connectivity index (χ0) is 11.8. The summed E-state index contributed by atoms with van der Waals surface area (Å²) in [6, 6.07) is 0. The van der Waals surface area contributed by atoms with Gasteiger partial charge in [0.05, 0.1) is 5.75 Å². The van der Waals surface area contributed by atoms with Gasteiger partial charge in [0.1, 0.15) is 0 Å². The van der Waals surface area contributed by atoms with Crippen LogP contribution in [0.15, 0.2) is 0 Å². The normalized spacial score (nSPS) is 11.7. The summed E-state index contributed by atoms with van der Waals surface area (Å²) in [6.07, 6.45) is 2.13. The van der Waals surface area contributed by atoms with Crippen LogP contribution in [0.1, 0.15) is 26.2 Å². The van der Waals surface area contributed by atoms with Crippen LogP contribution in [-0.2, 0) is 20.8 Å². The molecular formula is C5H11F3O4S2. The lowest BCUT2D eigenvalue weighted by Crippen LogP contribution is -1.97. The molecule has 0 saturated carbocycles. The van der Waals surface area contributed by atoms with E-state index in [0.29, 0.717) is 6.42 Å². The summed E-state index contributed by atoms with van der Waals surface area (Å²) >= 11 is 0. The van der Waals surface area contributed by atoms with E-state index < -0.39 is 20.8 Å². The molecule has 0 spiro atoms. The third-order valence-electron chi connectivity index (χ3n) is 0.992. The molecule has 0 aliphatic rings. The zero-order valence-corrected chi connectivity index (χ0v) is 9.04.